The number of aromatic nitrogens is 3. The number of carbonyl (C=O) groups is 1. The standard InChI is InChI=1S/C14H18N4O4S/c1-3-18-10-12(9-16-18)23(20,21)17-13(14(19)22-2)8-11-4-6-15-7-5-11/h4-7,9-10,13,17H,3,8H2,1-2H3. The van der Waals surface area contributed by atoms with Crippen molar-refractivity contribution in [1.29, 1.82) is 0 Å². The molecular weight excluding hydrogens is 320 g/mol. The molecule has 0 fully saturated rings. The average molecular weight is 338 g/mol. The van der Waals surface area contributed by atoms with E-state index < -0.39 is 22.0 Å². The van der Waals surface area contributed by atoms with Gasteiger partial charge in [-0.2, -0.15) is 9.82 Å². The van der Waals surface area contributed by atoms with Crippen LogP contribution in [0.2, 0.25) is 0 Å². The Morgan fingerprint density at radius 3 is 2.65 bits per heavy atom. The molecule has 1 N–H and O–H groups in total. The lowest BCUT2D eigenvalue weighted by Gasteiger charge is -2.16. The van der Waals surface area contributed by atoms with Crippen molar-refractivity contribution in [1.82, 2.24) is 19.5 Å². The Kier molecular flexibility index (Phi) is 5.45. The number of nitrogens with zero attached hydrogens (tertiary/aromatic N) is 3. The van der Waals surface area contributed by atoms with Gasteiger partial charge in [0.1, 0.15) is 10.9 Å². The molecule has 0 radical (unpaired) electrons. The third-order valence-corrected chi connectivity index (χ3v) is 4.64. The van der Waals surface area contributed by atoms with E-state index >= 15 is 0 Å². The van der Waals surface area contributed by atoms with Crippen LogP contribution in [0.4, 0.5) is 0 Å². The summed E-state index contributed by atoms with van der Waals surface area (Å²) in [5.41, 5.74) is 0.766. The second-order valence-corrected chi connectivity index (χ2v) is 6.50. The van der Waals surface area contributed by atoms with Crippen LogP contribution in [0.15, 0.2) is 41.8 Å². The summed E-state index contributed by atoms with van der Waals surface area (Å²) in [6, 6.07) is 2.39. The number of ether oxygens (including phenoxy) is 1. The molecule has 0 aromatic carbocycles. The van der Waals surface area contributed by atoms with Crippen LogP contribution in [0, 0.1) is 0 Å². The van der Waals surface area contributed by atoms with Gasteiger partial charge in [0.25, 0.3) is 0 Å². The van der Waals surface area contributed by atoms with E-state index in [4.69, 9.17) is 4.74 Å². The molecule has 0 aliphatic rings. The molecule has 9 heteroatoms. The van der Waals surface area contributed by atoms with E-state index in [1.165, 1.54) is 24.2 Å². The fourth-order valence-electron chi connectivity index (χ4n) is 1.98. The maximum Gasteiger partial charge on any atom is 0.324 e. The van der Waals surface area contributed by atoms with E-state index in [1.807, 2.05) is 6.92 Å². The second kappa shape index (κ2) is 7.34. The van der Waals surface area contributed by atoms with E-state index in [0.717, 1.165) is 5.56 Å². The Morgan fingerprint density at radius 1 is 1.39 bits per heavy atom. The lowest BCUT2D eigenvalue weighted by atomic mass is 10.1. The molecule has 0 saturated heterocycles. The van der Waals surface area contributed by atoms with Crippen LogP contribution in [0.5, 0.6) is 0 Å². The Balaban J connectivity index is 2.21. The number of pyridine rings is 1. The first-order valence-corrected chi connectivity index (χ1v) is 8.46. The number of esters is 1. The fraction of sp³-hybridized carbons (Fsp3) is 0.357. The molecule has 2 rings (SSSR count). The molecule has 0 aliphatic carbocycles. The Morgan fingerprint density at radius 2 is 2.09 bits per heavy atom. The maximum absolute atomic E-state index is 12.4. The molecule has 0 bridgehead atoms. The Bertz CT molecular complexity index is 758. The summed E-state index contributed by atoms with van der Waals surface area (Å²) in [7, 11) is -2.66. The molecule has 0 aliphatic heterocycles. The van der Waals surface area contributed by atoms with Gasteiger partial charge in [-0.05, 0) is 31.0 Å². The van der Waals surface area contributed by atoms with Gasteiger partial charge in [0, 0.05) is 25.1 Å². The number of aryl methyl sites for hydroxylation is 1. The van der Waals surface area contributed by atoms with Crippen molar-refractivity contribution >= 4 is 16.0 Å². The third kappa shape index (κ3) is 4.36. The Hall–Kier alpha value is -2.26. The summed E-state index contributed by atoms with van der Waals surface area (Å²) in [6.45, 7) is 2.39. The summed E-state index contributed by atoms with van der Waals surface area (Å²) < 4.78 is 33.3. The number of hydrogen-bond acceptors (Lipinski definition) is 6. The van der Waals surface area contributed by atoms with Gasteiger partial charge in [0.15, 0.2) is 0 Å². The summed E-state index contributed by atoms with van der Waals surface area (Å²) in [5.74, 6) is -0.659. The normalized spacial score (nSPS) is 12.8. The number of methoxy groups -OCH3 is 1. The molecule has 124 valence electrons. The third-order valence-electron chi connectivity index (χ3n) is 3.22. The highest BCUT2D eigenvalue weighted by Crippen LogP contribution is 2.11. The first-order valence-electron chi connectivity index (χ1n) is 6.97. The van der Waals surface area contributed by atoms with Crippen molar-refractivity contribution in [2.45, 2.75) is 30.8 Å². The molecule has 2 aromatic heterocycles. The monoisotopic (exact) mass is 338 g/mol. The van der Waals surface area contributed by atoms with Gasteiger partial charge in [0.2, 0.25) is 10.0 Å². The average Bonchev–Trinajstić information content (AvgIpc) is 3.04. The van der Waals surface area contributed by atoms with Crippen molar-refractivity contribution in [3.63, 3.8) is 0 Å². The summed E-state index contributed by atoms with van der Waals surface area (Å²) in [5, 5.41) is 3.93. The van der Waals surface area contributed by atoms with Crippen molar-refractivity contribution in [3.05, 3.63) is 42.5 Å². The van der Waals surface area contributed by atoms with Crippen LogP contribution in [0.3, 0.4) is 0 Å². The van der Waals surface area contributed by atoms with Crippen molar-refractivity contribution in [2.75, 3.05) is 7.11 Å². The minimum atomic E-state index is -3.87. The van der Waals surface area contributed by atoms with Crippen LogP contribution < -0.4 is 4.72 Å². The number of hydrogen-bond donors (Lipinski definition) is 1. The summed E-state index contributed by atoms with van der Waals surface area (Å²) in [6.07, 6.45) is 5.96. The van der Waals surface area contributed by atoms with E-state index in [2.05, 4.69) is 14.8 Å². The topological polar surface area (TPSA) is 103 Å². The molecule has 2 heterocycles. The summed E-state index contributed by atoms with van der Waals surface area (Å²) in [4.78, 5) is 15.8. The van der Waals surface area contributed by atoms with Crippen molar-refractivity contribution in [2.24, 2.45) is 0 Å². The number of rotatable bonds is 7. The van der Waals surface area contributed by atoms with Crippen LogP contribution in [-0.4, -0.2) is 42.3 Å². The van der Waals surface area contributed by atoms with Gasteiger partial charge in [-0.25, -0.2) is 8.42 Å². The van der Waals surface area contributed by atoms with Gasteiger partial charge in [0.05, 0.1) is 13.3 Å². The number of sulfonamides is 1. The first kappa shape index (κ1) is 17.1. The van der Waals surface area contributed by atoms with Gasteiger partial charge < -0.3 is 4.74 Å². The molecule has 0 amide bonds. The quantitative estimate of drug-likeness (QED) is 0.731. The van der Waals surface area contributed by atoms with Gasteiger partial charge in [-0.15, -0.1) is 0 Å². The Labute approximate surface area is 134 Å². The van der Waals surface area contributed by atoms with E-state index in [0.29, 0.717) is 6.54 Å². The predicted octanol–water partition coefficient (Wildman–Crippen LogP) is 0.361. The highest BCUT2D eigenvalue weighted by molar-refractivity contribution is 7.89. The first-order chi connectivity index (χ1) is 11.0. The molecule has 1 unspecified atom stereocenters. The highest BCUT2D eigenvalue weighted by atomic mass is 32.2. The van der Waals surface area contributed by atoms with E-state index in [1.54, 1.807) is 24.5 Å². The van der Waals surface area contributed by atoms with Crippen LogP contribution in [0.25, 0.3) is 0 Å². The zero-order valence-electron chi connectivity index (χ0n) is 12.8. The van der Waals surface area contributed by atoms with Gasteiger partial charge >= 0.3 is 5.97 Å². The lowest BCUT2D eigenvalue weighted by molar-refractivity contribution is -0.142. The number of carbonyl (C=O) groups excluding carboxylic acids is 1. The molecule has 8 nitrogen and oxygen atoms in total. The maximum atomic E-state index is 12.4. The van der Waals surface area contributed by atoms with Crippen molar-refractivity contribution in [3.8, 4) is 0 Å². The highest BCUT2D eigenvalue weighted by Gasteiger charge is 2.27. The summed E-state index contributed by atoms with van der Waals surface area (Å²) >= 11 is 0. The zero-order valence-corrected chi connectivity index (χ0v) is 13.7. The SMILES string of the molecule is CCn1cc(S(=O)(=O)NC(Cc2ccncc2)C(=O)OC)cn1. The zero-order chi connectivity index (χ0) is 16.9. The molecule has 1 atom stereocenters. The minimum Gasteiger partial charge on any atom is -0.468 e. The second-order valence-electron chi connectivity index (χ2n) is 4.79. The van der Waals surface area contributed by atoms with Crippen LogP contribution in [-0.2, 0) is 32.5 Å². The number of nitrogens with one attached hydrogen (secondary N) is 1. The van der Waals surface area contributed by atoms with E-state index in [-0.39, 0.29) is 11.3 Å². The molecule has 2 aromatic rings. The van der Waals surface area contributed by atoms with Gasteiger partial charge in [-0.3, -0.25) is 14.5 Å². The minimum absolute atomic E-state index is 0.00276. The van der Waals surface area contributed by atoms with Gasteiger partial charge in [-0.1, -0.05) is 0 Å². The molecule has 0 saturated carbocycles. The van der Waals surface area contributed by atoms with E-state index in [9.17, 15) is 13.2 Å². The lowest BCUT2D eigenvalue weighted by Crippen LogP contribution is -2.42. The largest absolute Gasteiger partial charge is 0.468 e. The molecule has 0 spiro atoms. The molecule has 23 heavy (non-hydrogen) atoms. The van der Waals surface area contributed by atoms with Crippen LogP contribution in [0.1, 0.15) is 12.5 Å². The van der Waals surface area contributed by atoms with Crippen LogP contribution >= 0.6 is 0 Å². The predicted molar refractivity (Wildman–Crippen MR) is 82.0 cm³/mol. The smallest absolute Gasteiger partial charge is 0.324 e. The van der Waals surface area contributed by atoms with Crippen molar-refractivity contribution < 1.29 is 17.9 Å². The fourth-order valence-corrected chi connectivity index (χ4v) is 3.12. The molecular formula is C14H18N4O4S.